The van der Waals surface area contributed by atoms with Gasteiger partial charge in [-0.3, -0.25) is 4.90 Å². The summed E-state index contributed by atoms with van der Waals surface area (Å²) in [7, 11) is 0. The van der Waals surface area contributed by atoms with Gasteiger partial charge in [0.25, 0.3) is 0 Å². The third kappa shape index (κ3) is 3.89. The summed E-state index contributed by atoms with van der Waals surface area (Å²) in [6, 6.07) is 0.0438. The van der Waals surface area contributed by atoms with E-state index < -0.39 is 11.3 Å². The Hall–Kier alpha value is -0.810. The molecule has 0 spiro atoms. The van der Waals surface area contributed by atoms with Crippen LogP contribution in [0.5, 0.6) is 0 Å². The van der Waals surface area contributed by atoms with Crippen LogP contribution in [-0.2, 0) is 9.47 Å². The van der Waals surface area contributed by atoms with Crippen LogP contribution in [0.4, 0.5) is 4.79 Å². The predicted molar refractivity (Wildman–Crippen MR) is 79.9 cm³/mol. The molecule has 0 aromatic heterocycles. The standard InChI is InChI=1S/C16H29NO4/c1-15(2,3)21-14(19)17-13(10-20-16(17,4)5)11-6-8-12(18)9-7-11/h11-13,18H,6-10H2,1-5H3/t11?,12?,13-/m1/s1. The molecule has 5 nitrogen and oxygen atoms in total. The van der Waals surface area contributed by atoms with Crippen LogP contribution in [0.2, 0.25) is 0 Å². The van der Waals surface area contributed by atoms with Gasteiger partial charge in [-0.2, -0.15) is 0 Å². The number of hydrogen-bond acceptors (Lipinski definition) is 4. The van der Waals surface area contributed by atoms with Gasteiger partial charge in [-0.1, -0.05) is 0 Å². The highest BCUT2D eigenvalue weighted by Crippen LogP contribution is 2.38. The molecule has 1 heterocycles. The summed E-state index contributed by atoms with van der Waals surface area (Å²) in [5.41, 5.74) is -1.15. The van der Waals surface area contributed by atoms with Crippen molar-refractivity contribution in [2.75, 3.05) is 6.61 Å². The van der Waals surface area contributed by atoms with Gasteiger partial charge >= 0.3 is 6.09 Å². The van der Waals surface area contributed by atoms with E-state index in [2.05, 4.69) is 0 Å². The number of amides is 1. The lowest BCUT2D eigenvalue weighted by Crippen LogP contribution is -2.52. The lowest BCUT2D eigenvalue weighted by atomic mass is 9.82. The molecule has 1 saturated carbocycles. The Balaban J connectivity index is 2.11. The Bertz CT molecular complexity index is 380. The van der Waals surface area contributed by atoms with Gasteiger partial charge in [0.2, 0.25) is 0 Å². The molecule has 1 N–H and O–H groups in total. The fraction of sp³-hybridized carbons (Fsp3) is 0.938. The second-order valence-corrected chi connectivity index (χ2v) is 7.74. The van der Waals surface area contributed by atoms with Crippen LogP contribution in [0.3, 0.4) is 0 Å². The van der Waals surface area contributed by atoms with Crippen molar-refractivity contribution < 1.29 is 19.4 Å². The van der Waals surface area contributed by atoms with Gasteiger partial charge < -0.3 is 14.6 Å². The molecular formula is C16H29NO4. The van der Waals surface area contributed by atoms with E-state index in [1.54, 1.807) is 4.90 Å². The number of aliphatic hydroxyl groups excluding tert-OH is 1. The van der Waals surface area contributed by atoms with Gasteiger partial charge in [0, 0.05) is 0 Å². The highest BCUT2D eigenvalue weighted by Gasteiger charge is 2.48. The Labute approximate surface area is 127 Å². The molecular weight excluding hydrogens is 270 g/mol. The van der Waals surface area contributed by atoms with E-state index in [4.69, 9.17) is 9.47 Å². The first-order chi connectivity index (χ1) is 9.60. The number of ether oxygens (including phenoxy) is 2. The lowest BCUT2D eigenvalue weighted by Gasteiger charge is -2.39. The Morgan fingerprint density at radius 3 is 2.33 bits per heavy atom. The van der Waals surface area contributed by atoms with Crippen molar-refractivity contribution in [3.8, 4) is 0 Å². The van der Waals surface area contributed by atoms with Crippen molar-refractivity contribution in [3.05, 3.63) is 0 Å². The number of carbonyl (C=O) groups excluding carboxylic acids is 1. The maximum absolute atomic E-state index is 12.6. The van der Waals surface area contributed by atoms with Crippen molar-refractivity contribution in [1.82, 2.24) is 4.90 Å². The molecule has 1 atom stereocenters. The molecule has 0 aromatic rings. The molecule has 1 saturated heterocycles. The molecule has 0 radical (unpaired) electrons. The van der Waals surface area contributed by atoms with Crippen LogP contribution >= 0.6 is 0 Å². The second kappa shape index (κ2) is 5.76. The van der Waals surface area contributed by atoms with Gasteiger partial charge in [-0.05, 0) is 66.2 Å². The van der Waals surface area contributed by atoms with E-state index in [9.17, 15) is 9.90 Å². The van der Waals surface area contributed by atoms with Crippen LogP contribution < -0.4 is 0 Å². The summed E-state index contributed by atoms with van der Waals surface area (Å²) < 4.78 is 11.4. The lowest BCUT2D eigenvalue weighted by molar-refractivity contribution is -0.0656. The first-order valence-corrected chi connectivity index (χ1v) is 7.94. The van der Waals surface area contributed by atoms with Crippen LogP contribution in [0.15, 0.2) is 0 Å². The smallest absolute Gasteiger partial charge is 0.412 e. The highest BCUT2D eigenvalue weighted by molar-refractivity contribution is 5.69. The third-order valence-electron chi connectivity index (χ3n) is 4.39. The van der Waals surface area contributed by atoms with Crippen molar-refractivity contribution in [2.24, 2.45) is 5.92 Å². The number of aliphatic hydroxyl groups is 1. The van der Waals surface area contributed by atoms with Crippen LogP contribution in [-0.4, -0.2) is 46.2 Å². The first-order valence-electron chi connectivity index (χ1n) is 7.94. The van der Waals surface area contributed by atoms with Crippen molar-refractivity contribution in [1.29, 1.82) is 0 Å². The predicted octanol–water partition coefficient (Wildman–Crippen LogP) is 2.91. The minimum atomic E-state index is -0.636. The molecule has 0 bridgehead atoms. The summed E-state index contributed by atoms with van der Waals surface area (Å²) in [5.74, 6) is 0.377. The second-order valence-electron chi connectivity index (χ2n) is 7.74. The zero-order chi connectivity index (χ0) is 15.8. The molecule has 122 valence electrons. The Morgan fingerprint density at radius 1 is 1.24 bits per heavy atom. The van der Waals surface area contributed by atoms with E-state index in [1.807, 2.05) is 34.6 Å². The van der Waals surface area contributed by atoms with Gasteiger partial charge in [0.15, 0.2) is 0 Å². The van der Waals surface area contributed by atoms with Gasteiger partial charge in [-0.25, -0.2) is 4.79 Å². The minimum absolute atomic E-state index is 0.0438. The van der Waals surface area contributed by atoms with Crippen molar-refractivity contribution in [3.63, 3.8) is 0 Å². The number of hydrogen-bond donors (Lipinski definition) is 1. The molecule has 2 aliphatic rings. The maximum Gasteiger partial charge on any atom is 0.412 e. The molecule has 2 rings (SSSR count). The summed E-state index contributed by atoms with van der Waals surface area (Å²) in [6.07, 6.45) is 3.00. The molecule has 0 aromatic carbocycles. The fourth-order valence-corrected chi connectivity index (χ4v) is 3.33. The van der Waals surface area contributed by atoms with Crippen LogP contribution in [0, 0.1) is 5.92 Å². The fourth-order valence-electron chi connectivity index (χ4n) is 3.33. The molecule has 1 aliphatic carbocycles. The van der Waals surface area contributed by atoms with Crippen LogP contribution in [0.1, 0.15) is 60.3 Å². The van der Waals surface area contributed by atoms with Crippen molar-refractivity contribution >= 4 is 6.09 Å². The maximum atomic E-state index is 12.6. The van der Waals surface area contributed by atoms with Gasteiger partial charge in [-0.15, -0.1) is 0 Å². The largest absolute Gasteiger partial charge is 0.444 e. The topological polar surface area (TPSA) is 59.0 Å². The summed E-state index contributed by atoms with van der Waals surface area (Å²) >= 11 is 0. The Morgan fingerprint density at radius 2 is 1.81 bits per heavy atom. The minimum Gasteiger partial charge on any atom is -0.444 e. The summed E-state index contributed by atoms with van der Waals surface area (Å²) in [6.45, 7) is 10.00. The molecule has 21 heavy (non-hydrogen) atoms. The SMILES string of the molecule is CC(C)(C)OC(=O)N1[C@@H](C2CCC(O)CC2)COC1(C)C. The quantitative estimate of drug-likeness (QED) is 0.809. The van der Waals surface area contributed by atoms with Crippen LogP contribution in [0.25, 0.3) is 0 Å². The third-order valence-corrected chi connectivity index (χ3v) is 4.39. The number of carbonyl (C=O) groups is 1. The van der Waals surface area contributed by atoms with E-state index in [-0.39, 0.29) is 18.2 Å². The molecule has 1 aliphatic heterocycles. The zero-order valence-electron chi connectivity index (χ0n) is 13.9. The van der Waals surface area contributed by atoms with E-state index >= 15 is 0 Å². The van der Waals surface area contributed by atoms with E-state index in [1.165, 1.54) is 0 Å². The molecule has 1 amide bonds. The highest BCUT2D eigenvalue weighted by atomic mass is 16.6. The Kier molecular flexibility index (Phi) is 4.54. The van der Waals surface area contributed by atoms with Gasteiger partial charge in [0.05, 0.1) is 18.8 Å². The van der Waals surface area contributed by atoms with Gasteiger partial charge in [0.1, 0.15) is 11.3 Å². The zero-order valence-corrected chi connectivity index (χ0v) is 13.9. The monoisotopic (exact) mass is 299 g/mol. The normalized spacial score (nSPS) is 33.0. The number of rotatable bonds is 1. The molecule has 2 fully saturated rings. The first kappa shape index (κ1) is 16.6. The van der Waals surface area contributed by atoms with E-state index in [0.717, 1.165) is 25.7 Å². The molecule has 0 unspecified atom stereocenters. The number of nitrogens with zero attached hydrogens (tertiary/aromatic N) is 1. The summed E-state index contributed by atoms with van der Waals surface area (Å²) in [4.78, 5) is 14.3. The summed E-state index contributed by atoms with van der Waals surface area (Å²) in [5, 5.41) is 9.66. The van der Waals surface area contributed by atoms with Crippen molar-refractivity contribution in [2.45, 2.75) is 83.8 Å². The molecule has 5 heteroatoms. The average Bonchev–Trinajstić information content (AvgIpc) is 2.64. The average molecular weight is 299 g/mol. The van der Waals surface area contributed by atoms with E-state index in [0.29, 0.717) is 12.5 Å².